The van der Waals surface area contributed by atoms with Crippen LogP contribution in [0.3, 0.4) is 0 Å². The van der Waals surface area contributed by atoms with E-state index in [0.717, 1.165) is 6.42 Å². The summed E-state index contributed by atoms with van der Waals surface area (Å²) in [5.74, 6) is 1.14. The minimum atomic E-state index is -0.981. The third kappa shape index (κ3) is 5.87. The average molecular weight is 284 g/mol. The number of rotatable bonds is 8. The van der Waals surface area contributed by atoms with E-state index >= 15 is 0 Å². The molecule has 0 saturated heterocycles. The molecule has 1 aromatic carbocycles. The molecule has 2 unspecified atom stereocenters. The monoisotopic (exact) mass is 284 g/mol. The van der Waals surface area contributed by atoms with Gasteiger partial charge in [0.25, 0.3) is 0 Å². The number of hydrogen-bond acceptors (Lipinski definition) is 3. The number of carboxylic acid groups (broad SMARTS) is 1. The molecule has 0 fully saturated rings. The summed E-state index contributed by atoms with van der Waals surface area (Å²) < 4.78 is 17.1. The predicted molar refractivity (Wildman–Crippen MR) is 76.2 cm³/mol. The Morgan fingerprint density at radius 1 is 1.47 bits per heavy atom. The summed E-state index contributed by atoms with van der Waals surface area (Å²) in [7, 11) is -0.879. The van der Waals surface area contributed by atoms with Crippen molar-refractivity contribution in [3.8, 4) is 5.75 Å². The fourth-order valence-electron chi connectivity index (χ4n) is 1.49. The molecule has 1 N–H and O–H groups in total. The van der Waals surface area contributed by atoms with Gasteiger partial charge in [0.15, 0.2) is 0 Å². The van der Waals surface area contributed by atoms with Gasteiger partial charge in [-0.15, -0.1) is 0 Å². The van der Waals surface area contributed by atoms with E-state index in [1.807, 2.05) is 0 Å². The van der Waals surface area contributed by atoms with E-state index in [0.29, 0.717) is 29.8 Å². The van der Waals surface area contributed by atoms with Crippen molar-refractivity contribution in [2.24, 2.45) is 5.92 Å². The number of hydrogen-bond donors (Lipinski definition) is 1. The zero-order valence-corrected chi connectivity index (χ0v) is 12.1. The highest BCUT2D eigenvalue weighted by molar-refractivity contribution is 7.85. The predicted octanol–water partition coefficient (Wildman–Crippen LogP) is 2.56. The number of ether oxygens (including phenoxy) is 1. The van der Waals surface area contributed by atoms with Crippen molar-refractivity contribution < 1.29 is 18.8 Å². The minimum Gasteiger partial charge on any atom is -0.493 e. The quantitative estimate of drug-likeness (QED) is 0.797. The van der Waals surface area contributed by atoms with Gasteiger partial charge in [-0.25, -0.2) is 4.79 Å². The maximum Gasteiger partial charge on any atom is 0.335 e. The molecule has 0 aromatic heterocycles. The van der Waals surface area contributed by atoms with Gasteiger partial charge in [-0.05, 0) is 24.1 Å². The van der Waals surface area contributed by atoms with Gasteiger partial charge in [0.1, 0.15) is 5.75 Å². The van der Waals surface area contributed by atoms with Gasteiger partial charge in [-0.1, -0.05) is 26.3 Å². The first kappa shape index (κ1) is 15.7. The zero-order chi connectivity index (χ0) is 14.3. The van der Waals surface area contributed by atoms with Gasteiger partial charge in [-0.3, -0.25) is 4.21 Å². The Bertz CT molecular complexity index is 445. The molecule has 0 aliphatic heterocycles. The van der Waals surface area contributed by atoms with Crippen molar-refractivity contribution in [2.75, 3.05) is 18.1 Å². The maximum atomic E-state index is 11.7. The molecule has 0 aliphatic carbocycles. The molecule has 5 heteroatoms. The Labute approximate surface area is 116 Å². The van der Waals surface area contributed by atoms with Crippen LogP contribution in [0.2, 0.25) is 0 Å². The summed E-state index contributed by atoms with van der Waals surface area (Å²) in [5.41, 5.74) is 0.193. The van der Waals surface area contributed by atoms with Crippen LogP contribution in [-0.4, -0.2) is 33.4 Å². The van der Waals surface area contributed by atoms with E-state index in [9.17, 15) is 9.00 Å². The van der Waals surface area contributed by atoms with Gasteiger partial charge in [0, 0.05) is 16.6 Å². The summed E-state index contributed by atoms with van der Waals surface area (Å²) >= 11 is 0. The topological polar surface area (TPSA) is 63.6 Å². The van der Waals surface area contributed by atoms with E-state index in [2.05, 4.69) is 13.8 Å². The van der Waals surface area contributed by atoms with Crippen LogP contribution in [-0.2, 0) is 10.8 Å². The van der Waals surface area contributed by atoms with Crippen molar-refractivity contribution in [1.82, 2.24) is 0 Å². The molecule has 106 valence electrons. The second-order valence-corrected chi connectivity index (χ2v) is 6.13. The normalized spacial score (nSPS) is 13.8. The Morgan fingerprint density at radius 2 is 2.21 bits per heavy atom. The second-order valence-electron chi connectivity index (χ2n) is 4.51. The van der Waals surface area contributed by atoms with Gasteiger partial charge >= 0.3 is 5.97 Å². The van der Waals surface area contributed by atoms with Crippen molar-refractivity contribution in [1.29, 1.82) is 0 Å². The van der Waals surface area contributed by atoms with Crippen LogP contribution < -0.4 is 4.74 Å². The van der Waals surface area contributed by atoms with Gasteiger partial charge in [-0.2, -0.15) is 0 Å². The summed E-state index contributed by atoms with van der Waals surface area (Å²) in [6, 6.07) is 6.31. The van der Waals surface area contributed by atoms with Gasteiger partial charge in [0.2, 0.25) is 0 Å². The Balaban J connectivity index is 2.39. The first-order valence-corrected chi connectivity index (χ1v) is 7.82. The van der Waals surface area contributed by atoms with E-state index in [1.165, 1.54) is 12.1 Å². The fraction of sp³-hybridized carbons (Fsp3) is 0.500. The average Bonchev–Trinajstić information content (AvgIpc) is 2.38. The Kier molecular flexibility index (Phi) is 6.56. The first-order chi connectivity index (χ1) is 9.02. The molecule has 1 rings (SSSR count). The van der Waals surface area contributed by atoms with Gasteiger partial charge < -0.3 is 9.84 Å². The molecule has 0 saturated carbocycles. The van der Waals surface area contributed by atoms with Crippen molar-refractivity contribution in [3.05, 3.63) is 29.8 Å². The Morgan fingerprint density at radius 3 is 2.84 bits per heavy atom. The van der Waals surface area contributed by atoms with Crippen molar-refractivity contribution >= 4 is 16.8 Å². The lowest BCUT2D eigenvalue weighted by atomic mass is 10.2. The van der Waals surface area contributed by atoms with Crippen LogP contribution in [0.1, 0.15) is 30.6 Å². The molecule has 1 aromatic rings. The highest BCUT2D eigenvalue weighted by Crippen LogP contribution is 2.13. The number of aromatic carboxylic acids is 1. The summed E-state index contributed by atoms with van der Waals surface area (Å²) in [6.07, 6.45) is 1.02. The Hall–Kier alpha value is -1.36. The van der Waals surface area contributed by atoms with E-state index in [-0.39, 0.29) is 5.56 Å². The molecular weight excluding hydrogens is 264 g/mol. The third-order valence-corrected chi connectivity index (χ3v) is 4.39. The van der Waals surface area contributed by atoms with E-state index in [4.69, 9.17) is 9.84 Å². The summed E-state index contributed by atoms with van der Waals surface area (Å²) in [5, 5.41) is 8.84. The van der Waals surface area contributed by atoms with Crippen molar-refractivity contribution in [2.45, 2.75) is 20.3 Å². The largest absolute Gasteiger partial charge is 0.493 e. The molecular formula is C14H20O4S. The molecule has 4 nitrogen and oxygen atoms in total. The van der Waals surface area contributed by atoms with Crippen LogP contribution in [0.25, 0.3) is 0 Å². The van der Waals surface area contributed by atoms with Crippen LogP contribution in [0.15, 0.2) is 24.3 Å². The highest BCUT2D eigenvalue weighted by Gasteiger charge is 2.07. The van der Waals surface area contributed by atoms with E-state index in [1.54, 1.807) is 12.1 Å². The maximum absolute atomic E-state index is 11.7. The lowest BCUT2D eigenvalue weighted by Gasteiger charge is -2.09. The van der Waals surface area contributed by atoms with Crippen LogP contribution in [0.4, 0.5) is 0 Å². The highest BCUT2D eigenvalue weighted by atomic mass is 32.2. The number of carbonyl (C=O) groups is 1. The molecule has 0 heterocycles. The number of carboxylic acids is 1. The number of benzene rings is 1. The molecule has 2 atom stereocenters. The molecule has 0 bridgehead atoms. The minimum absolute atomic E-state index is 0.193. The lowest BCUT2D eigenvalue weighted by Crippen LogP contribution is -2.15. The molecule has 0 radical (unpaired) electrons. The van der Waals surface area contributed by atoms with Crippen LogP contribution in [0, 0.1) is 5.92 Å². The smallest absolute Gasteiger partial charge is 0.335 e. The van der Waals surface area contributed by atoms with E-state index < -0.39 is 16.8 Å². The molecule has 0 aliphatic rings. The molecule has 0 amide bonds. The second kappa shape index (κ2) is 7.94. The fourth-order valence-corrected chi connectivity index (χ4v) is 2.80. The third-order valence-electron chi connectivity index (χ3n) is 2.83. The lowest BCUT2D eigenvalue weighted by molar-refractivity contribution is 0.0696. The van der Waals surface area contributed by atoms with Gasteiger partial charge in [0.05, 0.1) is 17.9 Å². The first-order valence-electron chi connectivity index (χ1n) is 6.34. The summed E-state index contributed by atoms with van der Waals surface area (Å²) in [4.78, 5) is 10.8. The zero-order valence-electron chi connectivity index (χ0n) is 11.3. The SMILES string of the molecule is CCC(C)CS(=O)CCOc1cccc(C(=O)O)c1. The molecule has 0 spiro atoms. The standard InChI is InChI=1S/C14H20O4S/c1-3-11(2)10-19(17)8-7-18-13-6-4-5-12(9-13)14(15)16/h4-6,9,11H,3,7-8,10H2,1-2H3,(H,15,16). The molecule has 19 heavy (non-hydrogen) atoms. The van der Waals surface area contributed by atoms with Crippen molar-refractivity contribution in [3.63, 3.8) is 0 Å². The summed E-state index contributed by atoms with van der Waals surface area (Å²) in [6.45, 7) is 4.50. The van der Waals surface area contributed by atoms with Crippen LogP contribution in [0.5, 0.6) is 5.75 Å². The van der Waals surface area contributed by atoms with Crippen LogP contribution >= 0.6 is 0 Å².